The molecule has 2 unspecified atom stereocenters. The van der Waals surface area contributed by atoms with E-state index in [1.165, 1.54) is 25.7 Å². The summed E-state index contributed by atoms with van der Waals surface area (Å²) in [5, 5.41) is 0. The third-order valence-corrected chi connectivity index (χ3v) is 3.00. The first-order valence-corrected chi connectivity index (χ1v) is 5.22. The Labute approximate surface area is 74.5 Å². The van der Waals surface area contributed by atoms with Gasteiger partial charge in [0, 0.05) is 12.6 Å². The van der Waals surface area contributed by atoms with E-state index in [2.05, 4.69) is 0 Å². The molecule has 1 aliphatic heterocycles. The fraction of sp³-hybridized carbons (Fsp3) is 1.00. The van der Waals surface area contributed by atoms with Gasteiger partial charge in [-0.05, 0) is 31.6 Å². The van der Waals surface area contributed by atoms with Crippen LogP contribution in [0.2, 0.25) is 0 Å². The molecule has 70 valence electrons. The molecule has 0 bridgehead atoms. The van der Waals surface area contributed by atoms with Gasteiger partial charge in [-0.3, -0.25) is 0 Å². The van der Waals surface area contributed by atoms with E-state index in [0.29, 0.717) is 12.1 Å². The Morgan fingerprint density at radius 3 is 2.67 bits per heavy atom. The number of hydrogen-bond donors (Lipinski definition) is 1. The maximum atomic E-state index is 5.87. The zero-order valence-corrected chi connectivity index (χ0v) is 7.67. The molecular formula is C10H19NO. The van der Waals surface area contributed by atoms with Crippen molar-refractivity contribution < 1.29 is 4.74 Å². The predicted octanol–water partition coefficient (Wildman–Crippen LogP) is 1.68. The lowest BCUT2D eigenvalue weighted by Gasteiger charge is -2.27. The lowest BCUT2D eigenvalue weighted by molar-refractivity contribution is 0.00148. The van der Waals surface area contributed by atoms with Crippen molar-refractivity contribution in [1.29, 1.82) is 0 Å². The summed E-state index contributed by atoms with van der Waals surface area (Å²) in [7, 11) is 0. The summed E-state index contributed by atoms with van der Waals surface area (Å²) in [6.07, 6.45) is 8.16. The van der Waals surface area contributed by atoms with Crippen LogP contribution in [0.4, 0.5) is 0 Å². The van der Waals surface area contributed by atoms with Gasteiger partial charge in [0.2, 0.25) is 0 Å². The first-order valence-electron chi connectivity index (χ1n) is 5.22. The van der Waals surface area contributed by atoms with Gasteiger partial charge in [-0.15, -0.1) is 0 Å². The molecule has 0 aromatic carbocycles. The molecule has 1 aliphatic carbocycles. The molecule has 2 heteroatoms. The highest BCUT2D eigenvalue weighted by Crippen LogP contribution is 2.34. The number of ether oxygens (including phenoxy) is 1. The van der Waals surface area contributed by atoms with Gasteiger partial charge in [0.05, 0.1) is 6.10 Å². The van der Waals surface area contributed by atoms with E-state index in [-0.39, 0.29) is 0 Å². The largest absolute Gasteiger partial charge is 0.378 e. The van der Waals surface area contributed by atoms with E-state index in [0.717, 1.165) is 25.4 Å². The van der Waals surface area contributed by atoms with E-state index < -0.39 is 0 Å². The Hall–Kier alpha value is -0.0800. The maximum absolute atomic E-state index is 5.87. The van der Waals surface area contributed by atoms with Crippen molar-refractivity contribution in [2.75, 3.05) is 6.61 Å². The topological polar surface area (TPSA) is 35.2 Å². The fourth-order valence-corrected chi connectivity index (χ4v) is 1.94. The molecule has 1 saturated heterocycles. The monoisotopic (exact) mass is 169 g/mol. The van der Waals surface area contributed by atoms with Gasteiger partial charge in [0.1, 0.15) is 0 Å². The summed E-state index contributed by atoms with van der Waals surface area (Å²) in [6, 6.07) is 0.406. The molecular weight excluding hydrogens is 150 g/mol. The van der Waals surface area contributed by atoms with Gasteiger partial charge in [0.25, 0.3) is 0 Å². The van der Waals surface area contributed by atoms with Crippen LogP contribution in [0.3, 0.4) is 0 Å². The van der Waals surface area contributed by atoms with Crippen molar-refractivity contribution in [2.24, 2.45) is 11.7 Å². The number of rotatable bonds is 3. The van der Waals surface area contributed by atoms with E-state index in [4.69, 9.17) is 10.5 Å². The molecule has 12 heavy (non-hydrogen) atoms. The van der Waals surface area contributed by atoms with E-state index in [1.54, 1.807) is 0 Å². The summed E-state index contributed by atoms with van der Waals surface area (Å²) in [5.74, 6) is 1.03. The standard InChI is InChI=1S/C10H19NO/c11-9-5-6-12-10(7-9)4-3-8-1-2-8/h8-10H,1-7,11H2. The van der Waals surface area contributed by atoms with Crippen molar-refractivity contribution >= 4 is 0 Å². The highest BCUT2D eigenvalue weighted by atomic mass is 16.5. The molecule has 1 saturated carbocycles. The van der Waals surface area contributed by atoms with Crippen LogP contribution in [0.15, 0.2) is 0 Å². The SMILES string of the molecule is NC1CCOC(CCC2CC2)C1. The molecule has 2 rings (SSSR count). The third-order valence-electron chi connectivity index (χ3n) is 3.00. The van der Waals surface area contributed by atoms with Crippen molar-refractivity contribution in [2.45, 2.75) is 50.7 Å². The van der Waals surface area contributed by atoms with Crippen molar-refractivity contribution in [3.05, 3.63) is 0 Å². The van der Waals surface area contributed by atoms with Crippen LogP contribution in [0.5, 0.6) is 0 Å². The van der Waals surface area contributed by atoms with Crippen LogP contribution in [0, 0.1) is 5.92 Å². The van der Waals surface area contributed by atoms with Crippen LogP contribution in [0.1, 0.15) is 38.5 Å². The predicted molar refractivity (Wildman–Crippen MR) is 48.9 cm³/mol. The molecule has 2 atom stereocenters. The molecule has 2 fully saturated rings. The first kappa shape index (κ1) is 8.52. The summed E-state index contributed by atoms with van der Waals surface area (Å²) in [5.41, 5.74) is 5.87. The van der Waals surface area contributed by atoms with Gasteiger partial charge in [-0.25, -0.2) is 0 Å². The highest BCUT2D eigenvalue weighted by Gasteiger charge is 2.25. The summed E-state index contributed by atoms with van der Waals surface area (Å²) >= 11 is 0. The molecule has 0 radical (unpaired) electrons. The van der Waals surface area contributed by atoms with Crippen LogP contribution in [0.25, 0.3) is 0 Å². The van der Waals surface area contributed by atoms with Crippen LogP contribution in [-0.4, -0.2) is 18.8 Å². The normalized spacial score (nSPS) is 36.8. The summed E-state index contributed by atoms with van der Waals surface area (Å²) in [4.78, 5) is 0. The molecule has 0 amide bonds. The molecule has 2 N–H and O–H groups in total. The molecule has 0 spiro atoms. The Kier molecular flexibility index (Phi) is 2.66. The second-order valence-electron chi connectivity index (χ2n) is 4.30. The zero-order chi connectivity index (χ0) is 8.39. The van der Waals surface area contributed by atoms with Gasteiger partial charge in [-0.2, -0.15) is 0 Å². The highest BCUT2D eigenvalue weighted by molar-refractivity contribution is 4.78. The van der Waals surface area contributed by atoms with E-state index in [9.17, 15) is 0 Å². The zero-order valence-electron chi connectivity index (χ0n) is 7.67. The minimum Gasteiger partial charge on any atom is -0.378 e. The molecule has 1 heterocycles. The van der Waals surface area contributed by atoms with E-state index in [1.807, 2.05) is 0 Å². The smallest absolute Gasteiger partial charge is 0.0590 e. The van der Waals surface area contributed by atoms with Crippen LogP contribution in [-0.2, 0) is 4.74 Å². The van der Waals surface area contributed by atoms with Gasteiger partial charge in [0.15, 0.2) is 0 Å². The number of nitrogens with two attached hydrogens (primary N) is 1. The summed E-state index contributed by atoms with van der Waals surface area (Å²) < 4.78 is 5.65. The number of hydrogen-bond acceptors (Lipinski definition) is 2. The Morgan fingerprint density at radius 2 is 2.00 bits per heavy atom. The van der Waals surface area contributed by atoms with Gasteiger partial charge in [-0.1, -0.05) is 12.8 Å². The van der Waals surface area contributed by atoms with Gasteiger partial charge >= 0.3 is 0 Å². The fourth-order valence-electron chi connectivity index (χ4n) is 1.94. The van der Waals surface area contributed by atoms with Crippen molar-refractivity contribution in [1.82, 2.24) is 0 Å². The Bertz CT molecular complexity index is 145. The van der Waals surface area contributed by atoms with Crippen LogP contribution >= 0.6 is 0 Å². The Balaban J connectivity index is 1.64. The Morgan fingerprint density at radius 1 is 1.17 bits per heavy atom. The first-order chi connectivity index (χ1) is 5.84. The maximum Gasteiger partial charge on any atom is 0.0590 e. The van der Waals surface area contributed by atoms with Gasteiger partial charge < -0.3 is 10.5 Å². The van der Waals surface area contributed by atoms with Crippen molar-refractivity contribution in [3.8, 4) is 0 Å². The van der Waals surface area contributed by atoms with E-state index >= 15 is 0 Å². The van der Waals surface area contributed by atoms with Crippen molar-refractivity contribution in [3.63, 3.8) is 0 Å². The average Bonchev–Trinajstić information content (AvgIpc) is 2.84. The average molecular weight is 169 g/mol. The lowest BCUT2D eigenvalue weighted by Crippen LogP contribution is -2.34. The molecule has 0 aromatic rings. The minimum atomic E-state index is 0.406. The third kappa shape index (κ3) is 2.46. The molecule has 2 aliphatic rings. The molecule has 2 nitrogen and oxygen atoms in total. The second kappa shape index (κ2) is 3.75. The molecule has 0 aromatic heterocycles. The van der Waals surface area contributed by atoms with Crippen LogP contribution < -0.4 is 5.73 Å². The minimum absolute atomic E-state index is 0.406. The second-order valence-corrected chi connectivity index (χ2v) is 4.30. The lowest BCUT2D eigenvalue weighted by atomic mass is 10.00. The summed E-state index contributed by atoms with van der Waals surface area (Å²) in [6.45, 7) is 0.885. The quantitative estimate of drug-likeness (QED) is 0.697.